The van der Waals surface area contributed by atoms with E-state index in [1.165, 1.54) is 0 Å². The van der Waals surface area contributed by atoms with Gasteiger partial charge in [0.05, 0.1) is 17.1 Å². The Morgan fingerprint density at radius 3 is 2.25 bits per heavy atom. The van der Waals surface area contributed by atoms with E-state index in [0.717, 1.165) is 25.7 Å². The Bertz CT molecular complexity index is 368. The zero-order valence-electron chi connectivity index (χ0n) is 8.43. The van der Waals surface area contributed by atoms with Gasteiger partial charge >= 0.3 is 13.6 Å². The Morgan fingerprint density at radius 1 is 1.12 bits per heavy atom. The second-order valence-electron chi connectivity index (χ2n) is 4.36. The number of rotatable bonds is 4. The molecule has 2 rings (SSSR count). The van der Waals surface area contributed by atoms with Crippen LogP contribution in [0.4, 0.5) is 0 Å². The molecule has 4 unspecified atom stereocenters. The minimum Gasteiger partial charge on any atom is -0.316 e. The predicted molar refractivity (Wildman–Crippen MR) is 59.8 cm³/mol. The second-order valence-corrected chi connectivity index (χ2v) is 11.4. The molecule has 6 nitrogen and oxygen atoms in total. The summed E-state index contributed by atoms with van der Waals surface area (Å²) in [6, 6.07) is 0. The Labute approximate surface area is 97.0 Å². The molecule has 2 bridgehead atoms. The summed E-state index contributed by atoms with van der Waals surface area (Å²) in [6.07, 6.45) is 3.54. The van der Waals surface area contributed by atoms with E-state index in [4.69, 9.17) is 14.3 Å². The topological polar surface area (TPSA) is 104 Å². The molecule has 16 heavy (non-hydrogen) atoms. The average molecular weight is 288 g/mol. The molecule has 0 heterocycles. The summed E-state index contributed by atoms with van der Waals surface area (Å²) in [7, 11) is 0. The molecule has 0 amide bonds. The Kier molecular flexibility index (Phi) is 3.59. The third-order valence-electron chi connectivity index (χ3n) is 3.15. The third-order valence-corrected chi connectivity index (χ3v) is 9.39. The van der Waals surface area contributed by atoms with Gasteiger partial charge in [0.1, 0.15) is 0 Å². The first-order valence-corrected chi connectivity index (χ1v) is 10.2. The fourth-order valence-electron chi connectivity index (χ4n) is 2.64. The lowest BCUT2D eigenvalue weighted by Gasteiger charge is -2.23. The SMILES string of the molecule is O=P(O)(O)SP(=O)(O)OC1CC2CCC1C2. The van der Waals surface area contributed by atoms with Crippen molar-refractivity contribution in [2.75, 3.05) is 0 Å². The molecule has 2 saturated carbocycles. The molecule has 0 aromatic heterocycles. The van der Waals surface area contributed by atoms with Crippen LogP contribution in [0.25, 0.3) is 0 Å². The standard InChI is InChI=1S/C7H14O6P2S/c8-14(9,10)16-15(11,12)13-7-4-5-1-2-6(7)3-5/h5-7H,1-4H2,(H,11,12)(H2,8,9,10). The average Bonchev–Trinajstić information content (AvgIpc) is 2.57. The smallest absolute Gasteiger partial charge is 0.316 e. The monoisotopic (exact) mass is 288 g/mol. The van der Waals surface area contributed by atoms with Gasteiger partial charge in [0, 0.05) is 0 Å². The van der Waals surface area contributed by atoms with Crippen LogP contribution >= 0.6 is 24.6 Å². The van der Waals surface area contributed by atoms with Crippen LogP contribution in [0.15, 0.2) is 0 Å². The van der Waals surface area contributed by atoms with E-state index in [1.807, 2.05) is 0 Å². The van der Waals surface area contributed by atoms with Crippen molar-refractivity contribution in [1.82, 2.24) is 0 Å². The Balaban J connectivity index is 1.94. The van der Waals surface area contributed by atoms with Crippen molar-refractivity contribution in [2.45, 2.75) is 31.8 Å². The summed E-state index contributed by atoms with van der Waals surface area (Å²) in [4.78, 5) is 26.6. The molecule has 2 aliphatic rings. The van der Waals surface area contributed by atoms with E-state index in [1.54, 1.807) is 0 Å². The Hall–Kier alpha value is 0.650. The van der Waals surface area contributed by atoms with Crippen molar-refractivity contribution in [1.29, 1.82) is 0 Å². The molecular weight excluding hydrogens is 274 g/mol. The molecule has 0 radical (unpaired) electrons. The van der Waals surface area contributed by atoms with Crippen LogP contribution in [0.1, 0.15) is 25.7 Å². The molecule has 0 aromatic rings. The molecule has 2 aliphatic carbocycles. The van der Waals surface area contributed by atoms with E-state index in [9.17, 15) is 14.0 Å². The number of hydrogen-bond donors (Lipinski definition) is 3. The summed E-state index contributed by atoms with van der Waals surface area (Å²) in [5, 5.41) is 0. The molecule has 0 aliphatic heterocycles. The lowest BCUT2D eigenvalue weighted by molar-refractivity contribution is 0.128. The van der Waals surface area contributed by atoms with Crippen LogP contribution in [-0.2, 0) is 13.7 Å². The maximum absolute atomic E-state index is 11.5. The predicted octanol–water partition coefficient (Wildman–Crippen LogP) is 2.12. The van der Waals surface area contributed by atoms with Crippen molar-refractivity contribution in [3.05, 3.63) is 0 Å². The summed E-state index contributed by atoms with van der Waals surface area (Å²) in [5.74, 6) is 0.831. The molecule has 0 aromatic carbocycles. The first-order chi connectivity index (χ1) is 7.25. The zero-order chi connectivity index (χ0) is 12.0. The van der Waals surface area contributed by atoms with Crippen molar-refractivity contribution < 1.29 is 28.3 Å². The Morgan fingerprint density at radius 2 is 1.81 bits per heavy atom. The van der Waals surface area contributed by atoms with Gasteiger partial charge in [-0.25, -0.2) is 9.13 Å². The highest BCUT2D eigenvalue weighted by molar-refractivity contribution is 8.84. The minimum absolute atomic E-state index is 0.271. The van der Waals surface area contributed by atoms with Crippen molar-refractivity contribution in [2.24, 2.45) is 11.8 Å². The lowest BCUT2D eigenvalue weighted by Crippen LogP contribution is -2.18. The summed E-state index contributed by atoms with van der Waals surface area (Å²) >= 11 is -0.271. The van der Waals surface area contributed by atoms with Crippen LogP contribution in [0, 0.1) is 11.8 Å². The van der Waals surface area contributed by atoms with E-state index in [2.05, 4.69) is 0 Å². The molecule has 0 saturated heterocycles. The molecule has 0 spiro atoms. The van der Waals surface area contributed by atoms with Gasteiger partial charge in [-0.15, -0.1) is 0 Å². The normalized spacial score (nSPS) is 37.6. The maximum Gasteiger partial charge on any atom is 0.398 e. The van der Waals surface area contributed by atoms with Crippen molar-refractivity contribution in [3.63, 3.8) is 0 Å². The van der Waals surface area contributed by atoms with E-state index >= 15 is 0 Å². The summed E-state index contributed by atoms with van der Waals surface area (Å²) in [6.45, 7) is -8.82. The van der Waals surface area contributed by atoms with E-state index in [-0.39, 0.29) is 23.0 Å². The van der Waals surface area contributed by atoms with Gasteiger partial charge in [-0.1, -0.05) is 0 Å². The third kappa shape index (κ3) is 3.33. The largest absolute Gasteiger partial charge is 0.398 e. The first-order valence-electron chi connectivity index (χ1n) is 5.03. The van der Waals surface area contributed by atoms with Gasteiger partial charge in [-0.05, 0) is 37.5 Å². The molecular formula is C7H14O6P2S. The second kappa shape index (κ2) is 4.39. The highest BCUT2D eigenvalue weighted by Gasteiger charge is 2.44. The zero-order valence-corrected chi connectivity index (χ0v) is 11.0. The van der Waals surface area contributed by atoms with Crippen molar-refractivity contribution in [3.8, 4) is 0 Å². The van der Waals surface area contributed by atoms with Gasteiger partial charge in [-0.3, -0.25) is 4.52 Å². The van der Waals surface area contributed by atoms with Crippen LogP contribution in [0.5, 0.6) is 0 Å². The molecule has 3 N–H and O–H groups in total. The highest BCUT2D eigenvalue weighted by atomic mass is 33.1. The van der Waals surface area contributed by atoms with Crippen LogP contribution < -0.4 is 0 Å². The summed E-state index contributed by atoms with van der Waals surface area (Å²) < 4.78 is 27.1. The lowest BCUT2D eigenvalue weighted by atomic mass is 9.98. The minimum atomic E-state index is -4.58. The number of hydrogen-bond acceptors (Lipinski definition) is 4. The quantitative estimate of drug-likeness (QED) is 0.680. The van der Waals surface area contributed by atoms with E-state index < -0.39 is 13.6 Å². The molecule has 2 fully saturated rings. The highest BCUT2D eigenvalue weighted by Crippen LogP contribution is 2.73. The molecule has 9 heteroatoms. The van der Waals surface area contributed by atoms with Crippen LogP contribution in [0.3, 0.4) is 0 Å². The van der Waals surface area contributed by atoms with Crippen LogP contribution in [-0.4, -0.2) is 20.8 Å². The van der Waals surface area contributed by atoms with Gasteiger partial charge < -0.3 is 14.7 Å². The fraction of sp³-hybridized carbons (Fsp3) is 1.00. The van der Waals surface area contributed by atoms with Gasteiger partial charge in [0.2, 0.25) is 0 Å². The molecule has 4 atom stereocenters. The van der Waals surface area contributed by atoms with Gasteiger partial charge in [0.25, 0.3) is 0 Å². The van der Waals surface area contributed by atoms with Gasteiger partial charge in [-0.2, -0.15) is 0 Å². The maximum atomic E-state index is 11.5. The molecule has 94 valence electrons. The summed E-state index contributed by atoms with van der Waals surface area (Å²) in [5.41, 5.74) is 0. The van der Waals surface area contributed by atoms with Crippen molar-refractivity contribution >= 4 is 24.6 Å². The number of fused-ring (bicyclic) bond motifs is 2. The van der Waals surface area contributed by atoms with Gasteiger partial charge in [0.15, 0.2) is 0 Å². The first kappa shape index (κ1) is 13.1. The fourth-order valence-corrected chi connectivity index (χ4v) is 7.57. The van der Waals surface area contributed by atoms with Crippen LogP contribution in [0.2, 0.25) is 0 Å². The van der Waals surface area contributed by atoms with E-state index in [0.29, 0.717) is 5.92 Å².